The number of hydrogen-bond acceptors (Lipinski definition) is 5. The number of benzene rings is 1. The van der Waals surface area contributed by atoms with Gasteiger partial charge in [-0.1, -0.05) is 0 Å². The van der Waals surface area contributed by atoms with Gasteiger partial charge in [-0.05, 0) is 24.6 Å². The topological polar surface area (TPSA) is 111 Å². The van der Waals surface area contributed by atoms with Crippen molar-refractivity contribution in [3.05, 3.63) is 24.0 Å². The number of nitrogens with one attached hydrogen (secondary N) is 2. The molecule has 0 aromatic heterocycles. The summed E-state index contributed by atoms with van der Waals surface area (Å²) in [5.41, 5.74) is 0.602. The largest absolute Gasteiger partial charge is 0.465 e. The number of ether oxygens (including phenoxy) is 1. The zero-order chi connectivity index (χ0) is 19.6. The molecule has 2 saturated heterocycles. The van der Waals surface area contributed by atoms with Crippen molar-refractivity contribution in [3.63, 3.8) is 0 Å². The van der Waals surface area contributed by atoms with Crippen molar-refractivity contribution in [3.8, 4) is 0 Å². The first-order valence-corrected chi connectivity index (χ1v) is 8.60. The second kappa shape index (κ2) is 7.68. The Kier molecular flexibility index (Phi) is 5.33. The Morgan fingerprint density at radius 3 is 2.78 bits per heavy atom. The maximum absolute atomic E-state index is 14.5. The van der Waals surface area contributed by atoms with Crippen molar-refractivity contribution in [1.29, 1.82) is 0 Å². The van der Waals surface area contributed by atoms with E-state index in [4.69, 9.17) is 9.84 Å². The van der Waals surface area contributed by atoms with Crippen LogP contribution >= 0.6 is 0 Å². The second-order valence-corrected chi connectivity index (χ2v) is 6.58. The third-order valence-electron chi connectivity index (χ3n) is 4.54. The Bertz CT molecular complexity index is 759. The van der Waals surface area contributed by atoms with E-state index in [2.05, 4.69) is 10.6 Å². The van der Waals surface area contributed by atoms with E-state index in [-0.39, 0.29) is 30.7 Å². The highest BCUT2D eigenvalue weighted by Gasteiger charge is 2.33. The fraction of sp³-hybridized carbons (Fsp3) is 0.471. The van der Waals surface area contributed by atoms with Crippen LogP contribution in [0.4, 0.5) is 25.4 Å². The summed E-state index contributed by atoms with van der Waals surface area (Å²) < 4.78 is 19.6. The molecule has 2 fully saturated rings. The van der Waals surface area contributed by atoms with Crippen LogP contribution in [-0.2, 0) is 9.53 Å². The molecule has 0 aliphatic carbocycles. The van der Waals surface area contributed by atoms with Crippen LogP contribution in [0.25, 0.3) is 0 Å². The van der Waals surface area contributed by atoms with Gasteiger partial charge in [-0.25, -0.2) is 14.0 Å². The summed E-state index contributed by atoms with van der Waals surface area (Å²) in [6.45, 7) is 2.47. The van der Waals surface area contributed by atoms with Crippen LogP contribution in [0, 0.1) is 5.82 Å². The average Bonchev–Trinajstić information content (AvgIpc) is 3.21. The van der Waals surface area contributed by atoms with Crippen LogP contribution in [0.5, 0.6) is 0 Å². The van der Waals surface area contributed by atoms with Gasteiger partial charge in [0.05, 0.1) is 24.5 Å². The summed E-state index contributed by atoms with van der Waals surface area (Å²) in [7, 11) is 0. The first-order valence-electron chi connectivity index (χ1n) is 8.60. The van der Waals surface area contributed by atoms with Gasteiger partial charge >= 0.3 is 12.2 Å². The van der Waals surface area contributed by atoms with Crippen molar-refractivity contribution in [2.24, 2.45) is 0 Å². The lowest BCUT2D eigenvalue weighted by Gasteiger charge is -2.18. The van der Waals surface area contributed by atoms with Gasteiger partial charge in [-0.3, -0.25) is 9.69 Å². The predicted molar refractivity (Wildman–Crippen MR) is 94.3 cm³/mol. The minimum atomic E-state index is -0.989. The maximum Gasteiger partial charge on any atom is 0.414 e. The van der Waals surface area contributed by atoms with Gasteiger partial charge in [0.2, 0.25) is 5.91 Å². The van der Waals surface area contributed by atoms with Gasteiger partial charge in [0.25, 0.3) is 0 Å². The van der Waals surface area contributed by atoms with Crippen LogP contribution in [0.2, 0.25) is 0 Å². The molecular weight excluding hydrogens is 359 g/mol. The number of carboxylic acid groups (broad SMARTS) is 1. The molecule has 27 heavy (non-hydrogen) atoms. The number of carbonyl (C=O) groups is 3. The average molecular weight is 380 g/mol. The number of halogens is 1. The summed E-state index contributed by atoms with van der Waals surface area (Å²) in [5, 5.41) is 14.6. The molecule has 10 heteroatoms. The van der Waals surface area contributed by atoms with Crippen LogP contribution in [-0.4, -0.2) is 66.4 Å². The van der Waals surface area contributed by atoms with Gasteiger partial charge in [0.1, 0.15) is 11.9 Å². The molecule has 9 nitrogen and oxygen atoms in total. The molecule has 0 bridgehead atoms. The highest BCUT2D eigenvalue weighted by Crippen LogP contribution is 2.27. The quantitative estimate of drug-likeness (QED) is 0.713. The summed E-state index contributed by atoms with van der Waals surface area (Å²) >= 11 is 0. The number of amides is 3. The molecule has 0 saturated carbocycles. The van der Waals surface area contributed by atoms with Crippen molar-refractivity contribution in [1.82, 2.24) is 10.2 Å². The lowest BCUT2D eigenvalue weighted by molar-refractivity contribution is -0.119. The molecule has 146 valence electrons. The monoisotopic (exact) mass is 380 g/mol. The van der Waals surface area contributed by atoms with Crippen LogP contribution in [0.1, 0.15) is 13.3 Å². The number of rotatable bonds is 5. The number of hydrogen-bond donors (Lipinski definition) is 3. The van der Waals surface area contributed by atoms with Gasteiger partial charge in [0.15, 0.2) is 0 Å². The Balaban J connectivity index is 1.62. The Morgan fingerprint density at radius 2 is 2.15 bits per heavy atom. The van der Waals surface area contributed by atoms with Crippen LogP contribution < -0.4 is 15.5 Å². The molecule has 1 aromatic rings. The van der Waals surface area contributed by atoms with Crippen molar-refractivity contribution >= 4 is 29.5 Å². The molecule has 0 spiro atoms. The van der Waals surface area contributed by atoms with E-state index >= 15 is 0 Å². The molecular formula is C17H21FN4O5. The number of carbonyl (C=O) groups excluding carboxylic acids is 2. The van der Waals surface area contributed by atoms with E-state index in [1.807, 2.05) is 0 Å². The molecule has 2 aliphatic rings. The fourth-order valence-electron chi connectivity index (χ4n) is 3.16. The molecule has 3 rings (SSSR count). The smallest absolute Gasteiger partial charge is 0.414 e. The van der Waals surface area contributed by atoms with Gasteiger partial charge in [-0.15, -0.1) is 0 Å². The van der Waals surface area contributed by atoms with Crippen molar-refractivity contribution < 1.29 is 28.6 Å². The Morgan fingerprint density at radius 1 is 1.37 bits per heavy atom. The zero-order valence-electron chi connectivity index (χ0n) is 14.8. The van der Waals surface area contributed by atoms with Gasteiger partial charge < -0.3 is 25.4 Å². The Labute approximate surface area is 155 Å². The zero-order valence-corrected chi connectivity index (χ0v) is 14.8. The normalized spacial score (nSPS) is 21.9. The highest BCUT2D eigenvalue weighted by molar-refractivity contribution is 5.90. The molecule has 2 aliphatic heterocycles. The van der Waals surface area contributed by atoms with E-state index in [9.17, 15) is 18.8 Å². The van der Waals surface area contributed by atoms with Crippen LogP contribution in [0.15, 0.2) is 18.2 Å². The maximum atomic E-state index is 14.5. The molecule has 0 radical (unpaired) electrons. The molecule has 0 unspecified atom stereocenters. The van der Waals surface area contributed by atoms with Gasteiger partial charge in [0, 0.05) is 26.1 Å². The third kappa shape index (κ3) is 4.39. The minimum absolute atomic E-state index is 0.166. The van der Waals surface area contributed by atoms with Crippen LogP contribution in [0.3, 0.4) is 0 Å². The first kappa shape index (κ1) is 18.7. The van der Waals surface area contributed by atoms with E-state index in [1.54, 1.807) is 6.07 Å². The molecule has 2 atom stereocenters. The lowest BCUT2D eigenvalue weighted by Crippen LogP contribution is -2.33. The molecule has 1 aromatic carbocycles. The number of cyclic esters (lactones) is 1. The van der Waals surface area contributed by atoms with Gasteiger partial charge in [-0.2, -0.15) is 0 Å². The predicted octanol–water partition coefficient (Wildman–Crippen LogP) is 1.45. The minimum Gasteiger partial charge on any atom is -0.465 e. The summed E-state index contributed by atoms with van der Waals surface area (Å²) in [6.07, 6.45) is -1.49. The molecule has 3 amide bonds. The standard InChI is InChI=1S/C17H21FN4O5/c1-10(23)19-7-13-9-22(17(26)27-13)12-2-3-15(14(18)6-12)20-11-4-5-21(8-11)16(24)25/h2-3,6,11,13,20H,4-5,7-9H2,1H3,(H,19,23)(H,24,25)/t11-,13+/m1/s1. The summed E-state index contributed by atoms with van der Waals surface area (Å²) in [6, 6.07) is 4.18. The second-order valence-electron chi connectivity index (χ2n) is 6.58. The van der Waals surface area contributed by atoms with E-state index in [1.165, 1.54) is 28.9 Å². The highest BCUT2D eigenvalue weighted by atomic mass is 19.1. The number of anilines is 2. The van der Waals surface area contributed by atoms with Crippen molar-refractivity contribution in [2.45, 2.75) is 25.5 Å². The van der Waals surface area contributed by atoms with Crippen molar-refractivity contribution in [2.75, 3.05) is 36.4 Å². The fourth-order valence-corrected chi connectivity index (χ4v) is 3.16. The number of nitrogens with zero attached hydrogens (tertiary/aromatic N) is 2. The third-order valence-corrected chi connectivity index (χ3v) is 4.54. The number of likely N-dealkylation sites (tertiary alicyclic amines) is 1. The summed E-state index contributed by atoms with van der Waals surface area (Å²) in [5.74, 6) is -0.765. The first-order chi connectivity index (χ1) is 12.8. The summed E-state index contributed by atoms with van der Waals surface area (Å²) in [4.78, 5) is 36.5. The van der Waals surface area contributed by atoms with E-state index < -0.39 is 24.1 Å². The Hall–Kier alpha value is -3.04. The molecule has 2 heterocycles. The van der Waals surface area contributed by atoms with E-state index in [0.717, 1.165) is 0 Å². The SMILES string of the molecule is CC(=O)NC[C@H]1CN(c2ccc(N[C@@H]3CCN(C(=O)O)C3)c(F)c2)C(=O)O1. The lowest BCUT2D eigenvalue weighted by atomic mass is 10.2. The molecule has 3 N–H and O–H groups in total. The van der Waals surface area contributed by atoms with E-state index in [0.29, 0.717) is 25.2 Å².